The average molecular weight is 229 g/mol. The minimum absolute atomic E-state index is 0.0469. The van der Waals surface area contributed by atoms with Crippen LogP contribution in [0.2, 0.25) is 5.02 Å². The van der Waals surface area contributed by atoms with E-state index in [1.165, 1.54) is 19.1 Å². The van der Waals surface area contributed by atoms with Gasteiger partial charge in [-0.3, -0.25) is 9.59 Å². The quantitative estimate of drug-likeness (QED) is 0.417. The first-order valence-electron chi connectivity index (χ1n) is 4.05. The lowest BCUT2D eigenvalue weighted by Crippen LogP contribution is -2.06. The maximum atomic E-state index is 10.8. The molecule has 0 aliphatic carbocycles. The molecule has 3 N–H and O–H groups in total. The highest BCUT2D eigenvalue weighted by Crippen LogP contribution is 2.34. The predicted octanol–water partition coefficient (Wildman–Crippen LogP) is 1.57. The van der Waals surface area contributed by atoms with Crippen LogP contribution in [0.15, 0.2) is 12.1 Å². The van der Waals surface area contributed by atoms with Gasteiger partial charge in [0.1, 0.15) is 0 Å². The predicted molar refractivity (Wildman–Crippen MR) is 57.1 cm³/mol. The van der Waals surface area contributed by atoms with E-state index in [4.69, 9.17) is 11.6 Å². The summed E-state index contributed by atoms with van der Waals surface area (Å²) < 4.78 is 0. The van der Waals surface area contributed by atoms with Crippen LogP contribution in [0.4, 0.5) is 11.4 Å². The Kier molecular flexibility index (Phi) is 3.51. The number of hydrogen-bond donors (Lipinski definition) is 3. The van der Waals surface area contributed by atoms with Gasteiger partial charge in [0, 0.05) is 12.6 Å². The molecule has 0 radical (unpaired) electrons. The highest BCUT2D eigenvalue weighted by Gasteiger charge is 2.08. The van der Waals surface area contributed by atoms with Crippen molar-refractivity contribution in [2.75, 3.05) is 10.6 Å². The van der Waals surface area contributed by atoms with Crippen LogP contribution in [-0.4, -0.2) is 17.4 Å². The molecule has 6 heteroatoms. The topological polar surface area (TPSA) is 78.4 Å². The summed E-state index contributed by atoms with van der Waals surface area (Å²) in [6, 6.07) is 2.78. The number of phenols is 1. The molecule has 80 valence electrons. The van der Waals surface area contributed by atoms with Gasteiger partial charge in [-0.15, -0.1) is 0 Å². The molecule has 0 saturated carbocycles. The van der Waals surface area contributed by atoms with E-state index in [0.717, 1.165) is 0 Å². The number of phenolic OH excluding ortho intramolecular Hbond substituents is 1. The van der Waals surface area contributed by atoms with Gasteiger partial charge in [0.25, 0.3) is 0 Å². The molecule has 1 aromatic rings. The van der Waals surface area contributed by atoms with Gasteiger partial charge in [-0.05, 0) is 12.1 Å². The number of carbonyl (C=O) groups excluding carboxylic acids is 2. The van der Waals surface area contributed by atoms with E-state index in [1.807, 2.05) is 0 Å². The summed E-state index contributed by atoms with van der Waals surface area (Å²) in [7, 11) is 0. The Morgan fingerprint density at radius 2 is 2.20 bits per heavy atom. The molecule has 1 aromatic carbocycles. The zero-order valence-electron chi connectivity index (χ0n) is 7.87. The van der Waals surface area contributed by atoms with Gasteiger partial charge in [-0.25, -0.2) is 0 Å². The number of anilines is 2. The van der Waals surface area contributed by atoms with Crippen LogP contribution in [0.5, 0.6) is 5.75 Å². The molecule has 0 fully saturated rings. The molecule has 1 rings (SSSR count). The van der Waals surface area contributed by atoms with Gasteiger partial charge >= 0.3 is 0 Å². The minimum Gasteiger partial charge on any atom is -0.504 e. The number of halogens is 1. The van der Waals surface area contributed by atoms with Crippen LogP contribution in [0.3, 0.4) is 0 Å². The molecule has 0 saturated heterocycles. The van der Waals surface area contributed by atoms with Crippen LogP contribution >= 0.6 is 11.6 Å². The molecule has 5 nitrogen and oxygen atoms in total. The molecule has 0 bridgehead atoms. The smallest absolute Gasteiger partial charge is 0.221 e. The lowest BCUT2D eigenvalue weighted by atomic mass is 10.2. The van der Waals surface area contributed by atoms with Crippen LogP contribution < -0.4 is 10.6 Å². The molecule has 2 amide bonds. The van der Waals surface area contributed by atoms with Crippen molar-refractivity contribution in [1.29, 1.82) is 0 Å². The van der Waals surface area contributed by atoms with Gasteiger partial charge in [-0.2, -0.15) is 0 Å². The molecule has 0 heterocycles. The summed E-state index contributed by atoms with van der Waals surface area (Å²) >= 11 is 5.68. The van der Waals surface area contributed by atoms with E-state index in [1.54, 1.807) is 0 Å². The van der Waals surface area contributed by atoms with Crippen molar-refractivity contribution in [2.24, 2.45) is 0 Å². The zero-order valence-corrected chi connectivity index (χ0v) is 8.63. The molecule has 0 unspecified atom stereocenters. The van der Waals surface area contributed by atoms with Gasteiger partial charge in [0.15, 0.2) is 5.75 Å². The van der Waals surface area contributed by atoms with Crippen molar-refractivity contribution in [2.45, 2.75) is 6.92 Å². The lowest BCUT2D eigenvalue weighted by Gasteiger charge is -2.08. The Balaban J connectivity index is 3.10. The molecule has 0 aliphatic heterocycles. The molecule has 0 aromatic heterocycles. The maximum absolute atomic E-state index is 10.8. The molecule has 0 spiro atoms. The number of rotatable bonds is 3. The number of nitrogens with one attached hydrogen (secondary N) is 2. The van der Waals surface area contributed by atoms with Crippen molar-refractivity contribution in [1.82, 2.24) is 0 Å². The first kappa shape index (κ1) is 11.3. The minimum atomic E-state index is -0.270. The number of aromatic hydroxyl groups is 1. The van der Waals surface area contributed by atoms with Crippen LogP contribution in [-0.2, 0) is 9.59 Å². The Labute approximate surface area is 91.0 Å². The SMILES string of the molecule is CC(=O)Nc1cc(Cl)c(O)c(NC=O)c1. The van der Waals surface area contributed by atoms with Crippen LogP contribution in [0.25, 0.3) is 0 Å². The standard InChI is InChI=1S/C9H9ClN2O3/c1-5(14)12-6-2-7(10)9(15)8(3-6)11-4-13/h2-4,15H,1H3,(H,11,13)(H,12,14). The van der Waals surface area contributed by atoms with Crippen molar-refractivity contribution in [3.63, 3.8) is 0 Å². The fourth-order valence-corrected chi connectivity index (χ4v) is 1.27. The Morgan fingerprint density at radius 3 is 2.73 bits per heavy atom. The number of hydrogen-bond acceptors (Lipinski definition) is 3. The average Bonchev–Trinajstić information content (AvgIpc) is 2.12. The van der Waals surface area contributed by atoms with Gasteiger partial charge in [-0.1, -0.05) is 11.6 Å². The van der Waals surface area contributed by atoms with Gasteiger partial charge in [0.05, 0.1) is 10.7 Å². The Hall–Kier alpha value is -1.75. The van der Waals surface area contributed by atoms with Crippen molar-refractivity contribution >= 4 is 35.3 Å². The number of amides is 2. The largest absolute Gasteiger partial charge is 0.504 e. The van der Waals surface area contributed by atoms with E-state index in [9.17, 15) is 14.7 Å². The Bertz CT molecular complexity index is 407. The van der Waals surface area contributed by atoms with E-state index >= 15 is 0 Å². The lowest BCUT2D eigenvalue weighted by molar-refractivity contribution is -0.114. The molecular weight excluding hydrogens is 220 g/mol. The van der Waals surface area contributed by atoms with E-state index < -0.39 is 0 Å². The monoisotopic (exact) mass is 228 g/mol. The van der Waals surface area contributed by atoms with Crippen LogP contribution in [0.1, 0.15) is 6.92 Å². The van der Waals surface area contributed by atoms with Crippen molar-refractivity contribution < 1.29 is 14.7 Å². The maximum Gasteiger partial charge on any atom is 0.221 e. The molecule has 15 heavy (non-hydrogen) atoms. The van der Waals surface area contributed by atoms with Gasteiger partial charge in [0.2, 0.25) is 12.3 Å². The van der Waals surface area contributed by atoms with E-state index in [0.29, 0.717) is 12.1 Å². The number of carbonyl (C=O) groups is 2. The highest BCUT2D eigenvalue weighted by molar-refractivity contribution is 6.33. The second kappa shape index (κ2) is 4.65. The van der Waals surface area contributed by atoms with E-state index in [2.05, 4.69) is 10.6 Å². The highest BCUT2D eigenvalue weighted by atomic mass is 35.5. The molecular formula is C9H9ClN2O3. The molecule has 0 aliphatic rings. The summed E-state index contributed by atoms with van der Waals surface area (Å²) in [5.41, 5.74) is 0.538. The third-order valence-electron chi connectivity index (χ3n) is 1.60. The normalized spacial score (nSPS) is 9.47. The fourth-order valence-electron chi connectivity index (χ4n) is 1.05. The van der Waals surface area contributed by atoms with Crippen molar-refractivity contribution in [3.8, 4) is 5.75 Å². The van der Waals surface area contributed by atoms with Gasteiger partial charge < -0.3 is 15.7 Å². The Morgan fingerprint density at radius 1 is 1.53 bits per heavy atom. The number of benzene rings is 1. The fraction of sp³-hybridized carbons (Fsp3) is 0.111. The summed E-state index contributed by atoms with van der Waals surface area (Å²) in [5, 5.41) is 14.2. The van der Waals surface area contributed by atoms with Crippen LogP contribution in [0, 0.1) is 0 Å². The summed E-state index contributed by atoms with van der Waals surface area (Å²) in [4.78, 5) is 21.0. The zero-order chi connectivity index (χ0) is 11.4. The summed E-state index contributed by atoms with van der Waals surface area (Å²) in [6.45, 7) is 1.34. The van der Waals surface area contributed by atoms with E-state index in [-0.39, 0.29) is 22.4 Å². The first-order valence-corrected chi connectivity index (χ1v) is 4.42. The third kappa shape index (κ3) is 2.85. The first-order chi connectivity index (χ1) is 7.04. The summed E-state index contributed by atoms with van der Waals surface area (Å²) in [6.07, 6.45) is 0.406. The molecule has 0 atom stereocenters. The second-order valence-electron chi connectivity index (χ2n) is 2.80. The van der Waals surface area contributed by atoms with Crippen molar-refractivity contribution in [3.05, 3.63) is 17.2 Å². The third-order valence-corrected chi connectivity index (χ3v) is 1.89. The second-order valence-corrected chi connectivity index (χ2v) is 3.20. The summed E-state index contributed by atoms with van der Waals surface area (Å²) in [5.74, 6) is -0.508.